The number of nitrogens with one attached hydrogen (secondary N) is 2. The molecule has 0 aliphatic rings. The molecule has 1 atom stereocenters. The van der Waals surface area contributed by atoms with Gasteiger partial charge in [-0.2, -0.15) is 4.98 Å². The summed E-state index contributed by atoms with van der Waals surface area (Å²) in [6.07, 6.45) is 2.68. The van der Waals surface area contributed by atoms with Gasteiger partial charge in [-0.15, -0.1) is 0 Å². The van der Waals surface area contributed by atoms with Crippen LogP contribution in [0.3, 0.4) is 0 Å². The number of para-hydroxylation sites is 1. The molecule has 21 heavy (non-hydrogen) atoms. The van der Waals surface area contributed by atoms with Gasteiger partial charge in [-0.3, -0.25) is 0 Å². The second-order valence-corrected chi connectivity index (χ2v) is 5.10. The van der Waals surface area contributed by atoms with E-state index in [0.29, 0.717) is 12.4 Å². The van der Waals surface area contributed by atoms with E-state index < -0.39 is 0 Å². The summed E-state index contributed by atoms with van der Waals surface area (Å²) in [4.78, 5) is 9.13. The summed E-state index contributed by atoms with van der Waals surface area (Å²) in [7, 11) is 0. The normalized spacial score (nSPS) is 12.3. The molecule has 1 unspecified atom stereocenters. The van der Waals surface area contributed by atoms with Crippen LogP contribution in [-0.4, -0.2) is 34.3 Å². The first-order chi connectivity index (χ1) is 10.3. The highest BCUT2D eigenvalue weighted by molar-refractivity contribution is 5.90. The Morgan fingerprint density at radius 2 is 2.00 bits per heavy atom. The van der Waals surface area contributed by atoms with Crippen molar-refractivity contribution in [2.75, 3.05) is 23.8 Å². The van der Waals surface area contributed by atoms with Crippen molar-refractivity contribution in [1.82, 2.24) is 9.97 Å². The summed E-state index contributed by atoms with van der Waals surface area (Å²) in [5.74, 6) is 1.48. The zero-order valence-corrected chi connectivity index (χ0v) is 12.8. The molecule has 0 radical (unpaired) electrons. The van der Waals surface area contributed by atoms with Gasteiger partial charge in [0.2, 0.25) is 5.95 Å². The number of aliphatic hydroxyl groups is 1. The van der Waals surface area contributed by atoms with Gasteiger partial charge in [0.15, 0.2) is 0 Å². The predicted molar refractivity (Wildman–Crippen MR) is 87.7 cm³/mol. The minimum Gasteiger partial charge on any atom is -0.396 e. The molecule has 1 heterocycles. The Morgan fingerprint density at radius 3 is 2.71 bits per heavy atom. The van der Waals surface area contributed by atoms with Crippen molar-refractivity contribution >= 4 is 22.7 Å². The zero-order chi connectivity index (χ0) is 15.1. The van der Waals surface area contributed by atoms with Crippen LogP contribution < -0.4 is 10.6 Å². The molecule has 0 saturated carbocycles. The van der Waals surface area contributed by atoms with Crippen LogP contribution >= 0.6 is 0 Å². The Kier molecular flexibility index (Phi) is 5.75. The molecule has 114 valence electrons. The Labute approximate surface area is 125 Å². The second-order valence-electron chi connectivity index (χ2n) is 5.10. The third-order valence-electron chi connectivity index (χ3n) is 3.45. The van der Waals surface area contributed by atoms with Crippen molar-refractivity contribution < 1.29 is 5.11 Å². The van der Waals surface area contributed by atoms with Gasteiger partial charge < -0.3 is 15.7 Å². The van der Waals surface area contributed by atoms with Crippen LogP contribution in [0.2, 0.25) is 0 Å². The van der Waals surface area contributed by atoms with Crippen LogP contribution in [-0.2, 0) is 0 Å². The molecule has 2 aromatic rings. The fourth-order valence-corrected chi connectivity index (χ4v) is 2.23. The number of hydrogen-bond donors (Lipinski definition) is 3. The van der Waals surface area contributed by atoms with Gasteiger partial charge in [0.25, 0.3) is 0 Å². The Bertz CT molecular complexity index is 573. The fraction of sp³-hybridized carbons (Fsp3) is 0.500. The first-order valence-electron chi connectivity index (χ1n) is 7.66. The summed E-state index contributed by atoms with van der Waals surface area (Å²) in [5.41, 5.74) is 0.924. The third kappa shape index (κ3) is 4.04. The summed E-state index contributed by atoms with van der Waals surface area (Å²) < 4.78 is 0. The lowest BCUT2D eigenvalue weighted by Crippen LogP contribution is -2.21. The monoisotopic (exact) mass is 288 g/mol. The van der Waals surface area contributed by atoms with Gasteiger partial charge in [-0.25, -0.2) is 4.98 Å². The van der Waals surface area contributed by atoms with Crippen molar-refractivity contribution in [3.8, 4) is 0 Å². The molecule has 5 nitrogen and oxygen atoms in total. The number of nitrogens with zero attached hydrogens (tertiary/aromatic N) is 2. The number of rotatable bonds is 8. The first-order valence-corrected chi connectivity index (χ1v) is 7.66. The van der Waals surface area contributed by atoms with Crippen LogP contribution in [0.15, 0.2) is 24.3 Å². The molecule has 1 aromatic carbocycles. The van der Waals surface area contributed by atoms with E-state index in [9.17, 15) is 0 Å². The van der Waals surface area contributed by atoms with E-state index in [2.05, 4.69) is 34.4 Å². The molecule has 0 spiro atoms. The van der Waals surface area contributed by atoms with Gasteiger partial charge in [0, 0.05) is 24.6 Å². The average Bonchev–Trinajstić information content (AvgIpc) is 2.52. The Balaban J connectivity index is 2.34. The van der Waals surface area contributed by atoms with E-state index in [4.69, 9.17) is 5.11 Å². The highest BCUT2D eigenvalue weighted by Gasteiger charge is 2.11. The number of aromatic nitrogens is 2. The van der Waals surface area contributed by atoms with E-state index in [1.54, 1.807) is 0 Å². The van der Waals surface area contributed by atoms with Crippen molar-refractivity contribution in [2.45, 2.75) is 39.2 Å². The molecule has 0 aliphatic carbocycles. The van der Waals surface area contributed by atoms with Crippen molar-refractivity contribution in [3.63, 3.8) is 0 Å². The SMILES string of the molecule is CCCNc1nc(NC(CC)CCO)c2ccccc2n1. The van der Waals surface area contributed by atoms with E-state index in [1.807, 2.05) is 24.3 Å². The highest BCUT2D eigenvalue weighted by atomic mass is 16.3. The van der Waals surface area contributed by atoms with Gasteiger partial charge in [-0.05, 0) is 31.4 Å². The third-order valence-corrected chi connectivity index (χ3v) is 3.45. The molecule has 0 amide bonds. The van der Waals surface area contributed by atoms with Crippen LogP contribution in [0, 0.1) is 0 Å². The Hall–Kier alpha value is -1.88. The van der Waals surface area contributed by atoms with Crippen LogP contribution in [0.4, 0.5) is 11.8 Å². The Morgan fingerprint density at radius 1 is 1.19 bits per heavy atom. The van der Waals surface area contributed by atoms with Crippen molar-refractivity contribution in [1.29, 1.82) is 0 Å². The second kappa shape index (κ2) is 7.78. The van der Waals surface area contributed by atoms with Crippen LogP contribution in [0.5, 0.6) is 0 Å². The maximum atomic E-state index is 9.14. The number of anilines is 2. The molecule has 0 aliphatic heterocycles. The highest BCUT2D eigenvalue weighted by Crippen LogP contribution is 2.23. The van der Waals surface area contributed by atoms with Crippen LogP contribution in [0.1, 0.15) is 33.1 Å². The summed E-state index contributed by atoms with van der Waals surface area (Å²) in [5, 5.41) is 16.8. The smallest absolute Gasteiger partial charge is 0.225 e. The number of hydrogen-bond acceptors (Lipinski definition) is 5. The zero-order valence-electron chi connectivity index (χ0n) is 12.8. The predicted octanol–water partition coefficient (Wildman–Crippen LogP) is 3.02. The van der Waals surface area contributed by atoms with Crippen LogP contribution in [0.25, 0.3) is 10.9 Å². The lowest BCUT2D eigenvalue weighted by atomic mass is 10.1. The summed E-state index contributed by atoms with van der Waals surface area (Å²) in [6.45, 7) is 5.25. The molecule has 0 fully saturated rings. The minimum absolute atomic E-state index is 0.176. The summed E-state index contributed by atoms with van der Waals surface area (Å²) in [6, 6.07) is 8.20. The van der Waals surface area contributed by atoms with Gasteiger partial charge in [0.1, 0.15) is 5.82 Å². The van der Waals surface area contributed by atoms with E-state index in [1.165, 1.54) is 0 Å². The molecule has 2 rings (SSSR count). The van der Waals surface area contributed by atoms with Crippen molar-refractivity contribution in [2.24, 2.45) is 0 Å². The summed E-state index contributed by atoms with van der Waals surface area (Å²) >= 11 is 0. The van der Waals surface area contributed by atoms with E-state index in [0.717, 1.165) is 36.1 Å². The molecular formula is C16H24N4O. The molecule has 0 saturated heterocycles. The van der Waals surface area contributed by atoms with Gasteiger partial charge in [-0.1, -0.05) is 26.0 Å². The van der Waals surface area contributed by atoms with Gasteiger partial charge in [0.05, 0.1) is 5.52 Å². The number of benzene rings is 1. The fourth-order valence-electron chi connectivity index (χ4n) is 2.23. The van der Waals surface area contributed by atoms with E-state index in [-0.39, 0.29) is 12.6 Å². The minimum atomic E-state index is 0.176. The molecule has 3 N–H and O–H groups in total. The molecule has 5 heteroatoms. The van der Waals surface area contributed by atoms with Gasteiger partial charge >= 0.3 is 0 Å². The average molecular weight is 288 g/mol. The number of aliphatic hydroxyl groups excluding tert-OH is 1. The van der Waals surface area contributed by atoms with Crippen molar-refractivity contribution in [3.05, 3.63) is 24.3 Å². The number of fused-ring (bicyclic) bond motifs is 1. The van der Waals surface area contributed by atoms with E-state index >= 15 is 0 Å². The lowest BCUT2D eigenvalue weighted by Gasteiger charge is -2.18. The maximum absolute atomic E-state index is 9.14. The first kappa shape index (κ1) is 15.5. The standard InChI is InChI=1S/C16H24N4O/c1-3-10-17-16-19-14-8-6-5-7-13(14)15(20-16)18-12(4-2)9-11-21/h5-8,12,21H,3-4,9-11H2,1-2H3,(H2,17,18,19,20). The molecular weight excluding hydrogens is 264 g/mol. The largest absolute Gasteiger partial charge is 0.396 e. The quantitative estimate of drug-likeness (QED) is 0.696. The molecule has 1 aromatic heterocycles. The maximum Gasteiger partial charge on any atom is 0.225 e. The topological polar surface area (TPSA) is 70.1 Å². The molecule has 0 bridgehead atoms. The lowest BCUT2D eigenvalue weighted by molar-refractivity contribution is 0.278.